The van der Waals surface area contributed by atoms with E-state index in [9.17, 15) is 14.4 Å². The van der Waals surface area contributed by atoms with Crippen molar-refractivity contribution >= 4 is 24.7 Å². The van der Waals surface area contributed by atoms with E-state index in [1.165, 1.54) is 25.7 Å². The molecule has 1 aromatic heterocycles. The molecule has 1 aliphatic heterocycles. The Morgan fingerprint density at radius 2 is 1.90 bits per heavy atom. The number of carbonyl (C=O) groups is 3. The zero-order valence-corrected chi connectivity index (χ0v) is 23.5. The minimum absolute atomic E-state index is 0.0331. The van der Waals surface area contributed by atoms with E-state index in [0.717, 1.165) is 12.8 Å². The third kappa shape index (κ3) is 5.42. The minimum atomic E-state index is -1.00. The fourth-order valence-corrected chi connectivity index (χ4v) is 6.68. The van der Waals surface area contributed by atoms with Gasteiger partial charge in [0, 0.05) is 31.5 Å². The molecule has 0 radical (unpaired) electrons. The first-order chi connectivity index (χ1) is 19.1. The molecule has 6 rings (SSSR count). The summed E-state index contributed by atoms with van der Waals surface area (Å²) in [5, 5.41) is 5.69. The number of methoxy groups -OCH3 is 1. The molecule has 2 aromatic rings. The van der Waals surface area contributed by atoms with E-state index in [1.807, 2.05) is 18.2 Å². The van der Waals surface area contributed by atoms with Crippen molar-refractivity contribution < 1.29 is 28.4 Å². The van der Waals surface area contributed by atoms with Crippen molar-refractivity contribution in [1.29, 1.82) is 0 Å². The number of hydrogen-bond donors (Lipinski definition) is 2. The van der Waals surface area contributed by atoms with Crippen LogP contribution in [0.25, 0.3) is 0 Å². The van der Waals surface area contributed by atoms with Crippen LogP contribution in [0.3, 0.4) is 0 Å². The molecule has 2 unspecified atom stereocenters. The maximum absolute atomic E-state index is 13.5. The normalized spacial score (nSPS) is 27.6. The van der Waals surface area contributed by atoms with Crippen molar-refractivity contribution in [2.75, 3.05) is 13.7 Å². The van der Waals surface area contributed by atoms with Crippen LogP contribution in [-0.2, 0) is 18.8 Å². The molecule has 2 amide bonds. The standard InChI is InChI=1S/C29H37BN4O6/c1-28(2)19-14-23(28)29(3)24(15-19)39-30(40-29)25(11-10-22(35)18-8-6-5-7-9-18)34-27(37)21(17-38-4)33-26(36)20-16-31-12-13-32-20/h5-9,12-13,16,19,21,23-25H,10-11,14-15,17H2,1-4H3,(H,33,36)(H,34,37)/t19-,21?,23-,24+,25?,29-/m0/s1. The molecule has 4 aliphatic rings. The second-order valence-electron chi connectivity index (χ2n) is 11.9. The van der Waals surface area contributed by atoms with Gasteiger partial charge >= 0.3 is 7.12 Å². The van der Waals surface area contributed by atoms with Crippen LogP contribution in [0.5, 0.6) is 0 Å². The quantitative estimate of drug-likeness (QED) is 0.324. The lowest BCUT2D eigenvalue weighted by molar-refractivity contribution is -0.199. The Morgan fingerprint density at radius 3 is 2.58 bits per heavy atom. The third-order valence-corrected chi connectivity index (χ3v) is 9.15. The van der Waals surface area contributed by atoms with Crippen LogP contribution in [0.2, 0.25) is 0 Å². The van der Waals surface area contributed by atoms with Gasteiger partial charge < -0.3 is 24.7 Å². The highest BCUT2D eigenvalue weighted by Crippen LogP contribution is 2.65. The number of Topliss-reactive ketones (excluding diaryl/α,β-unsaturated/α-hetero) is 1. The van der Waals surface area contributed by atoms with Gasteiger partial charge in [0.1, 0.15) is 11.7 Å². The summed E-state index contributed by atoms with van der Waals surface area (Å²) >= 11 is 0. The highest BCUT2D eigenvalue weighted by molar-refractivity contribution is 6.48. The van der Waals surface area contributed by atoms with Crippen molar-refractivity contribution in [2.24, 2.45) is 17.3 Å². The average molecular weight is 548 g/mol. The van der Waals surface area contributed by atoms with Gasteiger partial charge in [-0.15, -0.1) is 0 Å². The SMILES string of the molecule is COCC(NC(=O)c1cnccn1)C(=O)NC(CCC(=O)c1ccccc1)B1O[C@@H]2C[C@@H]3C[C@@H](C3(C)C)[C@]2(C)O1. The van der Waals surface area contributed by atoms with Crippen LogP contribution in [0.15, 0.2) is 48.9 Å². The predicted octanol–water partition coefficient (Wildman–Crippen LogP) is 2.64. The number of carbonyl (C=O) groups excluding carboxylic acids is 3. The molecule has 11 heteroatoms. The Hall–Kier alpha value is -3.15. The molecule has 0 spiro atoms. The molecule has 212 valence electrons. The molecule has 2 heterocycles. The minimum Gasteiger partial charge on any atom is -0.404 e. The van der Waals surface area contributed by atoms with Crippen LogP contribution in [0.1, 0.15) is 67.3 Å². The number of nitrogens with zero attached hydrogens (tertiary/aromatic N) is 2. The summed E-state index contributed by atoms with van der Waals surface area (Å²) in [6.07, 6.45) is 6.61. The Kier molecular flexibility index (Phi) is 8.08. The van der Waals surface area contributed by atoms with E-state index in [-0.39, 0.29) is 36.0 Å². The van der Waals surface area contributed by atoms with Crippen molar-refractivity contribution in [1.82, 2.24) is 20.6 Å². The Morgan fingerprint density at radius 1 is 1.12 bits per heavy atom. The zero-order chi connectivity index (χ0) is 28.5. The van der Waals surface area contributed by atoms with Gasteiger partial charge in [-0.2, -0.15) is 0 Å². The Balaban J connectivity index is 1.32. The summed E-state index contributed by atoms with van der Waals surface area (Å²) in [6.45, 7) is 6.63. The molecule has 3 aliphatic carbocycles. The van der Waals surface area contributed by atoms with Gasteiger partial charge in [-0.3, -0.25) is 19.4 Å². The number of ether oxygens (including phenoxy) is 1. The lowest BCUT2D eigenvalue weighted by atomic mass is 9.43. The van der Waals surface area contributed by atoms with Gasteiger partial charge in [0.25, 0.3) is 5.91 Å². The summed E-state index contributed by atoms with van der Waals surface area (Å²) in [5.41, 5.74) is 0.390. The summed E-state index contributed by atoms with van der Waals surface area (Å²) in [4.78, 5) is 47.1. The van der Waals surface area contributed by atoms with Crippen LogP contribution >= 0.6 is 0 Å². The smallest absolute Gasteiger partial charge is 0.404 e. The molecule has 2 N–H and O–H groups in total. The number of aromatic nitrogens is 2. The fourth-order valence-electron chi connectivity index (χ4n) is 6.68. The van der Waals surface area contributed by atoms with Gasteiger partial charge in [0.15, 0.2) is 5.78 Å². The Bertz CT molecular complexity index is 1230. The van der Waals surface area contributed by atoms with E-state index in [0.29, 0.717) is 23.8 Å². The van der Waals surface area contributed by atoms with E-state index in [1.54, 1.807) is 12.1 Å². The van der Waals surface area contributed by atoms with E-state index < -0.39 is 36.5 Å². The van der Waals surface area contributed by atoms with Crippen LogP contribution in [0.4, 0.5) is 0 Å². The second kappa shape index (κ2) is 11.4. The first-order valence-electron chi connectivity index (χ1n) is 13.9. The maximum atomic E-state index is 13.5. The van der Waals surface area contributed by atoms with Gasteiger partial charge in [0.05, 0.1) is 30.4 Å². The molecule has 4 fully saturated rings. The predicted molar refractivity (Wildman–Crippen MR) is 147 cm³/mol. The monoisotopic (exact) mass is 548 g/mol. The van der Waals surface area contributed by atoms with Gasteiger partial charge in [-0.05, 0) is 43.4 Å². The van der Waals surface area contributed by atoms with Crippen molar-refractivity contribution in [3.05, 3.63) is 60.2 Å². The summed E-state index contributed by atoms with van der Waals surface area (Å²) < 4.78 is 18.3. The molecule has 2 bridgehead atoms. The summed E-state index contributed by atoms with van der Waals surface area (Å²) in [6, 6.07) is 8.06. The van der Waals surface area contributed by atoms with Crippen molar-refractivity contribution in [2.45, 2.75) is 70.1 Å². The third-order valence-electron chi connectivity index (χ3n) is 9.15. The average Bonchev–Trinajstić information content (AvgIpc) is 3.32. The van der Waals surface area contributed by atoms with E-state index >= 15 is 0 Å². The number of hydrogen-bond acceptors (Lipinski definition) is 8. The first-order valence-corrected chi connectivity index (χ1v) is 13.9. The van der Waals surface area contributed by atoms with Gasteiger partial charge in [0.2, 0.25) is 5.91 Å². The second-order valence-corrected chi connectivity index (χ2v) is 11.9. The molecule has 40 heavy (non-hydrogen) atoms. The number of nitrogens with one attached hydrogen (secondary N) is 2. The molecular weight excluding hydrogens is 511 g/mol. The van der Waals surface area contributed by atoms with Crippen molar-refractivity contribution in [3.63, 3.8) is 0 Å². The molecule has 3 saturated carbocycles. The van der Waals surface area contributed by atoms with Crippen LogP contribution in [0, 0.1) is 17.3 Å². The number of rotatable bonds is 11. The van der Waals surface area contributed by atoms with E-state index in [2.05, 4.69) is 41.4 Å². The van der Waals surface area contributed by atoms with Crippen molar-refractivity contribution in [3.8, 4) is 0 Å². The van der Waals surface area contributed by atoms with Crippen LogP contribution in [-0.4, -0.2) is 72.1 Å². The Labute approximate surface area is 235 Å². The highest BCUT2D eigenvalue weighted by atomic mass is 16.7. The van der Waals surface area contributed by atoms with E-state index in [4.69, 9.17) is 14.0 Å². The van der Waals surface area contributed by atoms with Gasteiger partial charge in [-0.25, -0.2) is 4.98 Å². The lowest BCUT2D eigenvalue weighted by Gasteiger charge is -2.64. The molecule has 10 nitrogen and oxygen atoms in total. The largest absolute Gasteiger partial charge is 0.481 e. The maximum Gasteiger partial charge on any atom is 0.481 e. The number of benzene rings is 1. The summed E-state index contributed by atoms with van der Waals surface area (Å²) in [7, 11) is 0.726. The molecular formula is C29H37BN4O6. The molecule has 1 saturated heterocycles. The molecule has 6 atom stereocenters. The molecule has 1 aromatic carbocycles. The lowest BCUT2D eigenvalue weighted by Crippen LogP contribution is -2.65. The van der Waals surface area contributed by atoms with Gasteiger partial charge in [-0.1, -0.05) is 44.2 Å². The number of ketones is 1. The number of amides is 2. The first kappa shape index (κ1) is 28.4. The summed E-state index contributed by atoms with van der Waals surface area (Å²) in [5.74, 6) is -0.732. The highest BCUT2D eigenvalue weighted by Gasteiger charge is 2.68. The van der Waals surface area contributed by atoms with Crippen LogP contribution < -0.4 is 10.6 Å². The zero-order valence-electron chi connectivity index (χ0n) is 23.5. The fraction of sp³-hybridized carbons (Fsp3) is 0.552. The topological polar surface area (TPSA) is 129 Å².